The number of nitrogens with zero attached hydrogens (tertiary/aromatic N) is 2. The molecular formula is C11H9N3O2S. The predicted octanol–water partition coefficient (Wildman–Crippen LogP) is 1.74. The number of nitrogens with two attached hydrogens (primary N) is 1. The predicted molar refractivity (Wildman–Crippen MR) is 64.6 cm³/mol. The zero-order valence-electron chi connectivity index (χ0n) is 8.84. The molecule has 2 aromatic heterocycles. The Morgan fingerprint density at radius 2 is 2.18 bits per heavy atom. The maximum absolute atomic E-state index is 5.73. The van der Waals surface area contributed by atoms with Crippen molar-refractivity contribution in [1.29, 1.82) is 0 Å². The van der Waals surface area contributed by atoms with Crippen molar-refractivity contribution < 1.29 is 9.47 Å². The van der Waals surface area contributed by atoms with Gasteiger partial charge in [0.25, 0.3) is 0 Å². The Morgan fingerprint density at radius 1 is 1.35 bits per heavy atom. The van der Waals surface area contributed by atoms with Crippen LogP contribution in [0.1, 0.15) is 5.69 Å². The van der Waals surface area contributed by atoms with Gasteiger partial charge in [0.05, 0.1) is 11.0 Å². The van der Waals surface area contributed by atoms with Gasteiger partial charge in [-0.3, -0.25) is 4.40 Å². The maximum atomic E-state index is 5.73. The van der Waals surface area contributed by atoms with Crippen molar-refractivity contribution in [3.05, 3.63) is 23.2 Å². The van der Waals surface area contributed by atoms with Gasteiger partial charge in [-0.15, -0.1) is 11.3 Å². The van der Waals surface area contributed by atoms with E-state index >= 15 is 0 Å². The SMILES string of the molecule is NCc1csc2nc3cc4c(cc3n12)OCO4. The lowest BCUT2D eigenvalue weighted by Gasteiger charge is -1.98. The van der Waals surface area contributed by atoms with Crippen LogP contribution in [0.15, 0.2) is 17.5 Å². The van der Waals surface area contributed by atoms with Crippen LogP contribution in [0.25, 0.3) is 16.0 Å². The molecule has 0 saturated carbocycles. The molecule has 6 heteroatoms. The summed E-state index contributed by atoms with van der Waals surface area (Å²) in [5.74, 6) is 1.53. The first-order valence-corrected chi connectivity index (χ1v) is 6.13. The molecule has 5 nitrogen and oxygen atoms in total. The van der Waals surface area contributed by atoms with Gasteiger partial charge in [0.15, 0.2) is 16.5 Å². The fraction of sp³-hybridized carbons (Fsp3) is 0.182. The van der Waals surface area contributed by atoms with Crippen LogP contribution in [0, 0.1) is 0 Å². The molecule has 4 rings (SSSR count). The molecule has 0 atom stereocenters. The van der Waals surface area contributed by atoms with Gasteiger partial charge in [-0.1, -0.05) is 0 Å². The number of fused-ring (bicyclic) bond motifs is 4. The summed E-state index contributed by atoms with van der Waals surface area (Å²) in [7, 11) is 0. The molecule has 3 heterocycles. The van der Waals surface area contributed by atoms with Crippen LogP contribution < -0.4 is 15.2 Å². The first-order valence-electron chi connectivity index (χ1n) is 5.25. The molecule has 3 aromatic rings. The standard InChI is InChI=1S/C11H9N3O2S/c12-3-6-4-17-11-13-7-1-9-10(16-5-15-9)2-8(7)14(6)11/h1-2,4H,3,5,12H2. The van der Waals surface area contributed by atoms with Crippen molar-refractivity contribution in [2.24, 2.45) is 5.73 Å². The zero-order chi connectivity index (χ0) is 11.4. The van der Waals surface area contributed by atoms with E-state index in [1.807, 2.05) is 17.5 Å². The number of ether oxygens (including phenoxy) is 2. The highest BCUT2D eigenvalue weighted by Crippen LogP contribution is 2.37. The normalized spacial score (nSPS) is 13.9. The highest BCUT2D eigenvalue weighted by Gasteiger charge is 2.18. The molecule has 0 amide bonds. The molecule has 0 unspecified atom stereocenters. The highest BCUT2D eigenvalue weighted by atomic mass is 32.1. The summed E-state index contributed by atoms with van der Waals surface area (Å²) < 4.78 is 12.8. The van der Waals surface area contributed by atoms with Crippen LogP contribution in [0.3, 0.4) is 0 Å². The summed E-state index contributed by atoms with van der Waals surface area (Å²) >= 11 is 1.59. The Kier molecular flexibility index (Phi) is 1.70. The minimum absolute atomic E-state index is 0.281. The molecule has 0 saturated heterocycles. The Balaban J connectivity index is 2.14. The van der Waals surface area contributed by atoms with Crippen molar-refractivity contribution in [2.75, 3.05) is 6.79 Å². The quantitative estimate of drug-likeness (QED) is 0.711. The molecule has 17 heavy (non-hydrogen) atoms. The molecular weight excluding hydrogens is 238 g/mol. The molecule has 0 aliphatic carbocycles. The second-order valence-corrected chi connectivity index (χ2v) is 4.69. The average Bonchev–Trinajstić information content (AvgIpc) is 2.98. The lowest BCUT2D eigenvalue weighted by Crippen LogP contribution is -1.99. The molecule has 0 bridgehead atoms. The van der Waals surface area contributed by atoms with Gasteiger partial charge < -0.3 is 15.2 Å². The smallest absolute Gasteiger partial charge is 0.231 e. The number of hydrogen-bond acceptors (Lipinski definition) is 5. The zero-order valence-corrected chi connectivity index (χ0v) is 9.66. The van der Waals surface area contributed by atoms with E-state index in [0.29, 0.717) is 6.54 Å². The summed E-state index contributed by atoms with van der Waals surface area (Å²) in [5, 5.41) is 2.03. The Bertz CT molecular complexity index is 731. The molecule has 1 aliphatic rings. The maximum Gasteiger partial charge on any atom is 0.231 e. The van der Waals surface area contributed by atoms with Crippen LogP contribution in [0.2, 0.25) is 0 Å². The van der Waals surface area contributed by atoms with E-state index in [4.69, 9.17) is 15.2 Å². The van der Waals surface area contributed by atoms with Gasteiger partial charge in [-0.2, -0.15) is 0 Å². The van der Waals surface area contributed by atoms with Crippen LogP contribution in [-0.4, -0.2) is 16.2 Å². The third kappa shape index (κ3) is 1.13. The monoisotopic (exact) mass is 247 g/mol. The van der Waals surface area contributed by atoms with E-state index in [9.17, 15) is 0 Å². The van der Waals surface area contributed by atoms with Crippen molar-refractivity contribution in [1.82, 2.24) is 9.38 Å². The van der Waals surface area contributed by atoms with E-state index in [1.54, 1.807) is 11.3 Å². The molecule has 0 fully saturated rings. The van der Waals surface area contributed by atoms with E-state index in [-0.39, 0.29) is 6.79 Å². The number of thiazole rings is 1. The summed E-state index contributed by atoms with van der Waals surface area (Å²) in [6.45, 7) is 0.781. The van der Waals surface area contributed by atoms with Crippen LogP contribution in [0.4, 0.5) is 0 Å². The lowest BCUT2D eigenvalue weighted by molar-refractivity contribution is 0.174. The van der Waals surface area contributed by atoms with Crippen molar-refractivity contribution in [3.8, 4) is 11.5 Å². The Morgan fingerprint density at radius 3 is 3.00 bits per heavy atom. The lowest BCUT2D eigenvalue weighted by atomic mass is 10.2. The molecule has 2 N–H and O–H groups in total. The third-order valence-corrected chi connectivity index (χ3v) is 3.79. The van der Waals surface area contributed by atoms with Gasteiger partial charge >= 0.3 is 0 Å². The van der Waals surface area contributed by atoms with Gasteiger partial charge in [-0.25, -0.2) is 4.98 Å². The van der Waals surface area contributed by atoms with E-state index in [0.717, 1.165) is 33.2 Å². The van der Waals surface area contributed by atoms with Gasteiger partial charge in [0.2, 0.25) is 6.79 Å². The Hall–Kier alpha value is -1.79. The van der Waals surface area contributed by atoms with Crippen LogP contribution in [-0.2, 0) is 6.54 Å². The van der Waals surface area contributed by atoms with Crippen LogP contribution >= 0.6 is 11.3 Å². The number of aromatic nitrogens is 2. The number of rotatable bonds is 1. The molecule has 1 aromatic carbocycles. The number of benzene rings is 1. The number of hydrogen-bond donors (Lipinski definition) is 1. The first-order chi connectivity index (χ1) is 8.36. The van der Waals surface area contributed by atoms with E-state index in [1.165, 1.54) is 0 Å². The fourth-order valence-corrected chi connectivity index (χ4v) is 3.03. The highest BCUT2D eigenvalue weighted by molar-refractivity contribution is 7.15. The summed E-state index contributed by atoms with van der Waals surface area (Å²) in [5.41, 5.74) is 8.72. The van der Waals surface area contributed by atoms with Gasteiger partial charge in [0.1, 0.15) is 0 Å². The van der Waals surface area contributed by atoms with Gasteiger partial charge in [-0.05, 0) is 0 Å². The first kappa shape index (κ1) is 9.26. The summed E-state index contributed by atoms with van der Waals surface area (Å²) in [6, 6.07) is 3.88. The molecule has 0 radical (unpaired) electrons. The van der Waals surface area contributed by atoms with Crippen molar-refractivity contribution in [3.63, 3.8) is 0 Å². The second-order valence-electron chi connectivity index (χ2n) is 3.86. The largest absolute Gasteiger partial charge is 0.454 e. The van der Waals surface area contributed by atoms with E-state index in [2.05, 4.69) is 9.38 Å². The molecule has 1 aliphatic heterocycles. The minimum atomic E-state index is 0.281. The molecule has 0 spiro atoms. The number of imidazole rings is 1. The average molecular weight is 247 g/mol. The summed E-state index contributed by atoms with van der Waals surface area (Å²) in [4.78, 5) is 5.50. The topological polar surface area (TPSA) is 61.8 Å². The third-order valence-electron chi connectivity index (χ3n) is 2.91. The van der Waals surface area contributed by atoms with E-state index < -0.39 is 0 Å². The Labute approximate surface area is 100 Å². The summed E-state index contributed by atoms with van der Waals surface area (Å²) in [6.07, 6.45) is 0. The minimum Gasteiger partial charge on any atom is -0.454 e. The van der Waals surface area contributed by atoms with Crippen molar-refractivity contribution >= 4 is 27.3 Å². The fourth-order valence-electron chi connectivity index (χ4n) is 2.11. The van der Waals surface area contributed by atoms with Crippen molar-refractivity contribution in [2.45, 2.75) is 6.54 Å². The molecule has 86 valence electrons. The van der Waals surface area contributed by atoms with Gasteiger partial charge in [0, 0.05) is 29.8 Å². The van der Waals surface area contributed by atoms with Crippen LogP contribution in [0.5, 0.6) is 11.5 Å². The second kappa shape index (κ2) is 3.12.